The molecular formula is C14H24N2OS. The van der Waals surface area contributed by atoms with Crippen LogP contribution in [0.5, 0.6) is 0 Å². The molecule has 1 rings (SSSR count). The largest absolute Gasteiger partial charge is 0.348 e. The molecule has 2 atom stereocenters. The predicted octanol–water partition coefficient (Wildman–Crippen LogP) is 3.06. The van der Waals surface area contributed by atoms with E-state index in [0.717, 1.165) is 6.42 Å². The van der Waals surface area contributed by atoms with Crippen LogP contribution >= 0.6 is 11.3 Å². The Hall–Kier alpha value is -0.870. The number of thiophene rings is 1. The number of carbonyl (C=O) groups excluding carboxylic acids is 1. The summed E-state index contributed by atoms with van der Waals surface area (Å²) in [5.74, 6) is -0.0693. The second-order valence-corrected chi connectivity index (χ2v) is 6.69. The number of hydrogen-bond acceptors (Lipinski definition) is 3. The maximum atomic E-state index is 12.1. The van der Waals surface area contributed by atoms with Gasteiger partial charge in [-0.3, -0.25) is 4.79 Å². The van der Waals surface area contributed by atoms with Gasteiger partial charge < -0.3 is 11.1 Å². The van der Waals surface area contributed by atoms with Crippen molar-refractivity contribution in [3.05, 3.63) is 21.4 Å². The number of hydrogen-bond donors (Lipinski definition) is 2. The van der Waals surface area contributed by atoms with Crippen LogP contribution in [0.15, 0.2) is 6.07 Å². The van der Waals surface area contributed by atoms with Crippen molar-refractivity contribution in [2.24, 2.45) is 5.73 Å². The van der Waals surface area contributed by atoms with Crippen LogP contribution in [-0.2, 0) is 4.79 Å². The summed E-state index contributed by atoms with van der Waals surface area (Å²) in [6, 6.07) is 2.15. The number of amides is 1. The molecule has 0 aromatic carbocycles. The van der Waals surface area contributed by atoms with Crippen molar-refractivity contribution in [1.29, 1.82) is 0 Å². The van der Waals surface area contributed by atoms with Gasteiger partial charge in [-0.2, -0.15) is 0 Å². The van der Waals surface area contributed by atoms with Crippen LogP contribution in [0, 0.1) is 13.8 Å². The van der Waals surface area contributed by atoms with E-state index in [1.807, 2.05) is 13.8 Å². The van der Waals surface area contributed by atoms with Crippen LogP contribution < -0.4 is 11.1 Å². The lowest BCUT2D eigenvalue weighted by Crippen LogP contribution is -2.52. The van der Waals surface area contributed by atoms with Crippen molar-refractivity contribution >= 4 is 17.2 Å². The maximum absolute atomic E-state index is 12.1. The molecule has 0 unspecified atom stereocenters. The Kier molecular flexibility index (Phi) is 4.93. The van der Waals surface area contributed by atoms with Gasteiger partial charge in [0.15, 0.2) is 0 Å². The standard InChI is InChI=1S/C14H24N2OS/c1-6-7-14(5,15)13(17)16-10(3)12-8-9(2)18-11(12)4/h8,10H,6-7,15H2,1-5H3,(H,16,17)/t10-,14+/m1/s1. The highest BCUT2D eigenvalue weighted by Gasteiger charge is 2.28. The van der Waals surface area contributed by atoms with Crippen LogP contribution in [0.25, 0.3) is 0 Å². The third-order valence-electron chi connectivity index (χ3n) is 3.18. The molecule has 0 spiro atoms. The molecule has 0 saturated heterocycles. The lowest BCUT2D eigenvalue weighted by molar-refractivity contribution is -0.126. The molecule has 0 aliphatic carbocycles. The van der Waals surface area contributed by atoms with Crippen molar-refractivity contribution in [2.75, 3.05) is 0 Å². The SMILES string of the molecule is CCC[C@](C)(N)C(=O)N[C@H](C)c1cc(C)sc1C. The van der Waals surface area contributed by atoms with Gasteiger partial charge in [-0.15, -0.1) is 11.3 Å². The van der Waals surface area contributed by atoms with Gasteiger partial charge >= 0.3 is 0 Å². The molecule has 102 valence electrons. The smallest absolute Gasteiger partial charge is 0.240 e. The van der Waals surface area contributed by atoms with Crippen molar-refractivity contribution in [3.63, 3.8) is 0 Å². The summed E-state index contributed by atoms with van der Waals surface area (Å²) in [4.78, 5) is 14.7. The molecule has 4 heteroatoms. The van der Waals surface area contributed by atoms with E-state index in [2.05, 4.69) is 25.2 Å². The number of carbonyl (C=O) groups is 1. The monoisotopic (exact) mass is 268 g/mol. The molecule has 1 aromatic heterocycles. The van der Waals surface area contributed by atoms with E-state index in [1.54, 1.807) is 18.3 Å². The molecule has 0 saturated carbocycles. The Bertz CT molecular complexity index is 423. The number of nitrogens with two attached hydrogens (primary N) is 1. The van der Waals surface area contributed by atoms with Crippen molar-refractivity contribution in [3.8, 4) is 0 Å². The zero-order chi connectivity index (χ0) is 13.9. The summed E-state index contributed by atoms with van der Waals surface area (Å²) in [6.45, 7) is 10.0. The molecule has 0 aliphatic heterocycles. The van der Waals surface area contributed by atoms with Crippen LogP contribution in [-0.4, -0.2) is 11.4 Å². The van der Waals surface area contributed by atoms with Crippen molar-refractivity contribution < 1.29 is 4.79 Å². The molecule has 1 aromatic rings. The molecule has 1 amide bonds. The summed E-state index contributed by atoms with van der Waals surface area (Å²) in [7, 11) is 0. The average molecular weight is 268 g/mol. The highest BCUT2D eigenvalue weighted by molar-refractivity contribution is 7.12. The molecule has 18 heavy (non-hydrogen) atoms. The molecule has 0 fully saturated rings. The first-order valence-corrected chi connectivity index (χ1v) is 7.26. The van der Waals surface area contributed by atoms with E-state index < -0.39 is 5.54 Å². The third-order valence-corrected chi connectivity index (χ3v) is 4.16. The lowest BCUT2D eigenvalue weighted by Gasteiger charge is -2.25. The van der Waals surface area contributed by atoms with Gasteiger partial charge in [0.25, 0.3) is 0 Å². The fourth-order valence-corrected chi connectivity index (χ4v) is 3.17. The van der Waals surface area contributed by atoms with E-state index in [9.17, 15) is 4.79 Å². The number of rotatable bonds is 5. The molecule has 0 aliphatic rings. The minimum atomic E-state index is -0.776. The number of nitrogens with one attached hydrogen (secondary N) is 1. The Labute approximate surface area is 114 Å². The zero-order valence-corrected chi connectivity index (χ0v) is 12.8. The Morgan fingerprint density at radius 2 is 2.17 bits per heavy atom. The van der Waals surface area contributed by atoms with Crippen LogP contribution in [0.2, 0.25) is 0 Å². The third kappa shape index (κ3) is 3.56. The quantitative estimate of drug-likeness (QED) is 0.862. The van der Waals surface area contributed by atoms with E-state index >= 15 is 0 Å². The van der Waals surface area contributed by atoms with E-state index in [0.29, 0.717) is 6.42 Å². The van der Waals surface area contributed by atoms with Gasteiger partial charge in [0.05, 0.1) is 11.6 Å². The molecule has 0 radical (unpaired) electrons. The minimum Gasteiger partial charge on any atom is -0.348 e. The van der Waals surface area contributed by atoms with Gasteiger partial charge in [0, 0.05) is 9.75 Å². The van der Waals surface area contributed by atoms with Crippen molar-refractivity contribution in [1.82, 2.24) is 5.32 Å². The Morgan fingerprint density at radius 1 is 1.56 bits per heavy atom. The second kappa shape index (κ2) is 5.85. The molecule has 3 N–H and O–H groups in total. The Morgan fingerprint density at radius 3 is 2.61 bits per heavy atom. The Balaban J connectivity index is 2.73. The van der Waals surface area contributed by atoms with Crippen LogP contribution in [0.3, 0.4) is 0 Å². The minimum absolute atomic E-state index is 0.0159. The van der Waals surface area contributed by atoms with Crippen LogP contribution in [0.4, 0.5) is 0 Å². The molecule has 0 bridgehead atoms. The fraction of sp³-hybridized carbons (Fsp3) is 0.643. The highest BCUT2D eigenvalue weighted by atomic mass is 32.1. The van der Waals surface area contributed by atoms with Gasteiger partial charge in [0.1, 0.15) is 0 Å². The highest BCUT2D eigenvalue weighted by Crippen LogP contribution is 2.26. The van der Waals surface area contributed by atoms with Gasteiger partial charge in [-0.05, 0) is 45.7 Å². The molecule has 3 nitrogen and oxygen atoms in total. The van der Waals surface area contributed by atoms with Crippen molar-refractivity contribution in [2.45, 2.75) is 59.0 Å². The number of aryl methyl sites for hydroxylation is 2. The first-order valence-electron chi connectivity index (χ1n) is 6.44. The van der Waals surface area contributed by atoms with Gasteiger partial charge in [-0.1, -0.05) is 13.3 Å². The topological polar surface area (TPSA) is 55.1 Å². The zero-order valence-electron chi connectivity index (χ0n) is 12.0. The van der Waals surface area contributed by atoms with E-state index in [1.165, 1.54) is 15.3 Å². The van der Waals surface area contributed by atoms with E-state index in [4.69, 9.17) is 5.73 Å². The average Bonchev–Trinajstić information content (AvgIpc) is 2.57. The van der Waals surface area contributed by atoms with E-state index in [-0.39, 0.29) is 11.9 Å². The second-order valence-electron chi connectivity index (χ2n) is 5.23. The predicted molar refractivity (Wildman–Crippen MR) is 77.9 cm³/mol. The fourth-order valence-electron chi connectivity index (χ4n) is 2.15. The summed E-state index contributed by atoms with van der Waals surface area (Å²) in [5, 5.41) is 3.02. The summed E-state index contributed by atoms with van der Waals surface area (Å²) < 4.78 is 0. The molecule has 1 heterocycles. The first kappa shape index (κ1) is 15.2. The van der Waals surface area contributed by atoms with Gasteiger partial charge in [0.2, 0.25) is 5.91 Å². The van der Waals surface area contributed by atoms with Gasteiger partial charge in [-0.25, -0.2) is 0 Å². The maximum Gasteiger partial charge on any atom is 0.240 e. The molecular weight excluding hydrogens is 244 g/mol. The van der Waals surface area contributed by atoms with Crippen LogP contribution in [0.1, 0.15) is 55.0 Å². The summed E-state index contributed by atoms with van der Waals surface area (Å²) >= 11 is 1.76. The summed E-state index contributed by atoms with van der Waals surface area (Å²) in [5.41, 5.74) is 6.45. The normalized spacial score (nSPS) is 16.1. The first-order chi connectivity index (χ1) is 8.27. The summed E-state index contributed by atoms with van der Waals surface area (Å²) in [6.07, 6.45) is 1.61. The lowest BCUT2D eigenvalue weighted by atomic mass is 9.95.